The Morgan fingerprint density at radius 3 is 2.42 bits per heavy atom. The minimum absolute atomic E-state index is 0. The van der Waals surface area contributed by atoms with Crippen LogP contribution in [0.4, 0.5) is 17.6 Å². The summed E-state index contributed by atoms with van der Waals surface area (Å²) in [4.78, 5) is 20.6. The molecule has 40 heavy (non-hydrogen) atoms. The molecule has 2 fully saturated rings. The van der Waals surface area contributed by atoms with Gasteiger partial charge in [0.25, 0.3) is 0 Å². The molecule has 1 saturated heterocycles. The molecule has 1 aromatic heterocycles. The molecule has 5 rings (SSSR count). The van der Waals surface area contributed by atoms with E-state index in [1.807, 2.05) is 41.6 Å². The predicted molar refractivity (Wildman–Crippen MR) is 148 cm³/mol. The fourth-order valence-corrected chi connectivity index (χ4v) is 6.26. The molecule has 0 N–H and O–H groups in total. The van der Waals surface area contributed by atoms with Crippen LogP contribution in [0.15, 0.2) is 48.7 Å². The molecule has 1 aliphatic carbocycles. The average molecular weight is 573 g/mol. The summed E-state index contributed by atoms with van der Waals surface area (Å²) in [5, 5.41) is 9.20. The van der Waals surface area contributed by atoms with Gasteiger partial charge in [-0.2, -0.15) is 30.2 Å². The zero-order valence-electron chi connectivity index (χ0n) is 21.4. The number of nitriles is 1. The van der Waals surface area contributed by atoms with Crippen molar-refractivity contribution in [3.8, 4) is 11.8 Å². The number of amides is 1. The first-order valence-corrected chi connectivity index (χ1v) is 14.2. The Morgan fingerprint density at radius 2 is 1.82 bits per heavy atom. The Kier molecular flexibility index (Phi) is 8.93. The number of hydrogen-bond acceptors (Lipinski definition) is 4. The van der Waals surface area contributed by atoms with Gasteiger partial charge in [0, 0.05) is 23.8 Å². The van der Waals surface area contributed by atoms with E-state index in [1.165, 1.54) is 6.07 Å². The van der Waals surface area contributed by atoms with E-state index < -0.39 is 23.6 Å². The lowest BCUT2D eigenvalue weighted by Gasteiger charge is -2.38. The summed E-state index contributed by atoms with van der Waals surface area (Å²) in [5.41, 5.74) is 1.04. The number of carbonyl (C=O) groups is 1. The molecule has 212 valence electrons. The Labute approximate surface area is 236 Å². The second-order valence-electron chi connectivity index (χ2n) is 10.1. The van der Waals surface area contributed by atoms with Crippen LogP contribution in [0, 0.1) is 17.1 Å². The van der Waals surface area contributed by atoms with Crippen LogP contribution in [-0.4, -0.2) is 37.9 Å². The van der Waals surface area contributed by atoms with Crippen LogP contribution in [0.1, 0.15) is 80.2 Å². The molecule has 0 radical (unpaired) electrons. The van der Waals surface area contributed by atoms with Crippen LogP contribution in [0.2, 0.25) is 0 Å². The van der Waals surface area contributed by atoms with Crippen molar-refractivity contribution in [2.75, 3.05) is 11.5 Å². The van der Waals surface area contributed by atoms with Gasteiger partial charge in [-0.25, -0.2) is 9.37 Å². The largest absolute Gasteiger partial charge is 0.419 e. The van der Waals surface area contributed by atoms with Gasteiger partial charge in [-0.1, -0.05) is 13.5 Å². The van der Waals surface area contributed by atoms with E-state index >= 15 is 0 Å². The molecule has 5 nitrogen and oxygen atoms in total. The second-order valence-corrected chi connectivity index (χ2v) is 11.4. The van der Waals surface area contributed by atoms with E-state index in [9.17, 15) is 27.6 Å². The van der Waals surface area contributed by atoms with E-state index in [-0.39, 0.29) is 31.4 Å². The monoisotopic (exact) mass is 572 g/mol. The second kappa shape index (κ2) is 12.0. The number of aromatic nitrogens is 2. The van der Waals surface area contributed by atoms with Crippen LogP contribution in [0.3, 0.4) is 0 Å². The smallest absolute Gasteiger partial charge is 0.329 e. The van der Waals surface area contributed by atoms with Crippen molar-refractivity contribution >= 4 is 17.7 Å². The van der Waals surface area contributed by atoms with Crippen molar-refractivity contribution in [3.05, 3.63) is 82.7 Å². The first-order chi connectivity index (χ1) is 18.7. The highest BCUT2D eigenvalue weighted by atomic mass is 32.2. The van der Waals surface area contributed by atoms with Crippen molar-refractivity contribution in [1.29, 1.82) is 5.26 Å². The maximum Gasteiger partial charge on any atom is 0.419 e. The van der Waals surface area contributed by atoms with E-state index in [0.29, 0.717) is 17.3 Å². The van der Waals surface area contributed by atoms with E-state index in [4.69, 9.17) is 4.98 Å². The van der Waals surface area contributed by atoms with Crippen LogP contribution in [0.5, 0.6) is 0 Å². The number of thioether (sulfide) groups is 1. The van der Waals surface area contributed by atoms with Crippen LogP contribution in [-0.2, 0) is 17.4 Å². The molecule has 1 amide bonds. The highest BCUT2D eigenvalue weighted by molar-refractivity contribution is 7.99. The fraction of sp³-hybridized carbons (Fsp3) is 0.433. The number of benzene rings is 2. The number of hydrogen-bond donors (Lipinski definition) is 0. The number of halogens is 4. The van der Waals surface area contributed by atoms with Gasteiger partial charge in [0.05, 0.1) is 35.4 Å². The van der Waals surface area contributed by atoms with Gasteiger partial charge in [0.1, 0.15) is 11.6 Å². The van der Waals surface area contributed by atoms with Crippen LogP contribution >= 0.6 is 11.8 Å². The van der Waals surface area contributed by atoms with Gasteiger partial charge in [-0.05, 0) is 86.1 Å². The molecule has 0 spiro atoms. The minimum atomic E-state index is -4.85. The Balaban J connectivity index is 0.00000370. The van der Waals surface area contributed by atoms with E-state index in [1.54, 1.807) is 17.0 Å². The predicted octanol–water partition coefficient (Wildman–Crippen LogP) is 7.44. The summed E-state index contributed by atoms with van der Waals surface area (Å²) >= 11 is 1.81. The van der Waals surface area contributed by atoms with Gasteiger partial charge in [0.2, 0.25) is 5.91 Å². The molecule has 1 atom stereocenters. The number of nitrogens with zero attached hydrogens (tertiary/aromatic N) is 4. The molecule has 1 saturated carbocycles. The highest BCUT2D eigenvalue weighted by Crippen LogP contribution is 2.41. The van der Waals surface area contributed by atoms with Crippen molar-refractivity contribution < 1.29 is 22.4 Å². The van der Waals surface area contributed by atoms with Gasteiger partial charge in [0.15, 0.2) is 0 Å². The van der Waals surface area contributed by atoms with E-state index in [0.717, 1.165) is 60.7 Å². The molecular formula is C30H32F4N4OS. The molecule has 1 aliphatic heterocycles. The van der Waals surface area contributed by atoms with Crippen molar-refractivity contribution in [1.82, 2.24) is 14.5 Å². The third-order valence-electron chi connectivity index (χ3n) is 7.38. The summed E-state index contributed by atoms with van der Waals surface area (Å²) in [6.45, 7) is 1.91. The highest BCUT2D eigenvalue weighted by Gasteiger charge is 2.37. The number of rotatable bonds is 7. The molecule has 0 unspecified atom stereocenters. The van der Waals surface area contributed by atoms with Crippen LogP contribution < -0.4 is 0 Å². The Morgan fingerprint density at radius 1 is 1.15 bits per heavy atom. The first kappa shape index (κ1) is 29.7. The van der Waals surface area contributed by atoms with Gasteiger partial charge in [-0.15, -0.1) is 0 Å². The normalized spacial score (nSPS) is 16.6. The summed E-state index contributed by atoms with van der Waals surface area (Å²) in [5.74, 6) is 1.13. The zero-order valence-corrected chi connectivity index (χ0v) is 22.2. The minimum Gasteiger partial charge on any atom is -0.329 e. The summed E-state index contributed by atoms with van der Waals surface area (Å²) in [7, 11) is 0. The molecule has 10 heteroatoms. The number of imidazole rings is 1. The fourth-order valence-electron chi connectivity index (χ4n) is 5.18. The Bertz CT molecular complexity index is 1390. The number of carbonyl (C=O) groups excluding carboxylic acids is 1. The SMILES string of the molecule is C.C[C@H](c1nc(C2CC2)cn1-c1ccc(C#N)cc1)N(C(=O)Cc1ccc(F)c(C(F)(F)F)c1)C1CCSCC1. The lowest BCUT2D eigenvalue weighted by molar-refractivity contribution is -0.140. The van der Waals surface area contributed by atoms with Gasteiger partial charge in [-0.3, -0.25) is 4.79 Å². The lowest BCUT2D eigenvalue weighted by atomic mass is 10.0. The summed E-state index contributed by atoms with van der Waals surface area (Å²) < 4.78 is 55.8. The average Bonchev–Trinajstić information content (AvgIpc) is 3.68. The quantitative estimate of drug-likeness (QED) is 0.276. The summed E-state index contributed by atoms with van der Waals surface area (Å²) in [6.07, 6.45) is 0.502. The third kappa shape index (κ3) is 6.35. The standard InChI is InChI=1S/C29H28F4N4OS.CH4/c1-18(28-35-26(21-5-6-21)17-36(28)22-7-2-19(16-34)3-8-22)37(23-10-12-39-13-11-23)27(38)15-20-4-9-25(30)24(14-20)29(31,32)33;/h2-4,7-9,14,17-18,21,23H,5-6,10-13,15H2,1H3;1H4/t18-;/m1./s1. The van der Waals surface area contributed by atoms with Crippen molar-refractivity contribution in [2.45, 2.75) is 70.6 Å². The lowest BCUT2D eigenvalue weighted by Crippen LogP contribution is -2.45. The maximum absolute atomic E-state index is 13.9. The van der Waals surface area contributed by atoms with Crippen molar-refractivity contribution in [2.24, 2.45) is 0 Å². The van der Waals surface area contributed by atoms with Gasteiger partial charge >= 0.3 is 6.18 Å². The van der Waals surface area contributed by atoms with Crippen LogP contribution in [0.25, 0.3) is 5.69 Å². The molecular weight excluding hydrogens is 540 g/mol. The number of alkyl halides is 3. The van der Waals surface area contributed by atoms with E-state index in [2.05, 4.69) is 6.07 Å². The molecule has 2 aliphatic rings. The zero-order chi connectivity index (χ0) is 27.7. The third-order valence-corrected chi connectivity index (χ3v) is 8.43. The topological polar surface area (TPSA) is 61.9 Å². The molecule has 3 aromatic rings. The molecule has 2 aromatic carbocycles. The molecule has 2 heterocycles. The maximum atomic E-state index is 13.9. The van der Waals surface area contributed by atoms with Crippen molar-refractivity contribution in [3.63, 3.8) is 0 Å². The summed E-state index contributed by atoms with van der Waals surface area (Å²) in [6, 6.07) is 11.5. The molecule has 0 bridgehead atoms. The first-order valence-electron chi connectivity index (χ1n) is 13.0. The Hall–Kier alpha value is -3.32. The van der Waals surface area contributed by atoms with Gasteiger partial charge < -0.3 is 9.47 Å².